The fraction of sp³-hybridized carbons (Fsp3) is 0.395. The zero-order valence-corrected chi connectivity index (χ0v) is 54.2. The van der Waals surface area contributed by atoms with Crippen molar-refractivity contribution in [3.8, 4) is 34.0 Å². The van der Waals surface area contributed by atoms with Gasteiger partial charge in [-0.3, -0.25) is 19.2 Å². The zero-order chi connectivity index (χ0) is 64.4. The van der Waals surface area contributed by atoms with E-state index >= 15 is 0 Å². The molecule has 4 aliphatic heterocycles. The largest absolute Gasteiger partial charge is 0.489 e. The maximum Gasteiger partial charge on any atom is 0.337 e. The van der Waals surface area contributed by atoms with Gasteiger partial charge in [0.15, 0.2) is 0 Å². The molecular weight excluding hydrogens is 1190 g/mol. The Bertz CT molecular complexity index is 4020. The molecule has 2 saturated carbocycles. The first-order valence-corrected chi connectivity index (χ1v) is 33.8. The van der Waals surface area contributed by atoms with Crippen LogP contribution in [0.25, 0.3) is 44.3 Å². The molecule has 6 aliphatic rings. The van der Waals surface area contributed by atoms with Gasteiger partial charge in [0.2, 0.25) is 23.6 Å². The minimum Gasteiger partial charge on any atom is -0.489 e. The first-order valence-electron chi connectivity index (χ1n) is 33.3. The van der Waals surface area contributed by atoms with Gasteiger partial charge in [0.1, 0.15) is 50.2 Å². The Morgan fingerprint density at radius 3 is 1.47 bits per heavy atom. The van der Waals surface area contributed by atoms with Crippen molar-refractivity contribution in [3.63, 3.8) is 0 Å². The summed E-state index contributed by atoms with van der Waals surface area (Å²) in [6.07, 6.45) is 18.2. The number of halogens is 1. The summed E-state index contributed by atoms with van der Waals surface area (Å²) in [5.41, 5.74) is 12.7. The van der Waals surface area contributed by atoms with Crippen LogP contribution in [-0.4, -0.2) is 107 Å². The Labute approximate surface area is 549 Å². The molecule has 16 nitrogen and oxygen atoms in total. The molecule has 0 unspecified atom stereocenters. The summed E-state index contributed by atoms with van der Waals surface area (Å²) in [6.45, 7) is 4.33. The van der Waals surface area contributed by atoms with Gasteiger partial charge in [0, 0.05) is 60.2 Å². The van der Waals surface area contributed by atoms with Crippen LogP contribution in [-0.2, 0) is 55.0 Å². The number of hydrogen-bond donors (Lipinski definition) is 1. The molecule has 4 amide bonds. The van der Waals surface area contributed by atoms with Crippen LogP contribution < -0.4 is 19.7 Å². The topological polar surface area (TPSA) is 171 Å². The predicted octanol–water partition coefficient (Wildman–Crippen LogP) is 15.0. The summed E-state index contributed by atoms with van der Waals surface area (Å²) in [5.74, 6) is 1.22. The van der Waals surface area contributed by atoms with Crippen LogP contribution in [0.5, 0.6) is 11.5 Å². The molecule has 0 spiro atoms. The summed E-state index contributed by atoms with van der Waals surface area (Å²) in [6, 6.07) is 43.4. The molecule has 0 radical (unpaired) electrons. The summed E-state index contributed by atoms with van der Waals surface area (Å²) < 4.78 is 26.5. The van der Waals surface area contributed by atoms with Gasteiger partial charge < -0.3 is 48.1 Å². The minimum absolute atomic E-state index is 0.0249. The smallest absolute Gasteiger partial charge is 0.337 e. The van der Waals surface area contributed by atoms with E-state index in [0.29, 0.717) is 53.4 Å². The first kappa shape index (κ1) is 64.2. The Hall–Kier alpha value is -8.89. The van der Waals surface area contributed by atoms with Crippen molar-refractivity contribution < 1.29 is 47.7 Å². The van der Waals surface area contributed by atoms with Gasteiger partial charge in [0.25, 0.3) is 0 Å². The molecule has 1 N–H and O–H groups in total. The van der Waals surface area contributed by atoms with Crippen molar-refractivity contribution in [2.24, 2.45) is 0 Å². The van der Waals surface area contributed by atoms with Crippen LogP contribution >= 0.6 is 11.6 Å². The maximum atomic E-state index is 14.4. The number of rotatable bonds is 13. The highest BCUT2D eigenvalue weighted by molar-refractivity contribution is 6.27. The van der Waals surface area contributed by atoms with Crippen LogP contribution in [0.1, 0.15) is 158 Å². The average molecular weight is 1280 g/mol. The van der Waals surface area contributed by atoms with Gasteiger partial charge in [0.05, 0.1) is 59.1 Å². The predicted molar refractivity (Wildman–Crippen MR) is 363 cm³/mol. The molecule has 0 bridgehead atoms. The number of alkyl halides is 1. The lowest BCUT2D eigenvalue weighted by atomic mass is 9.81. The molecular formula is C76H83ClN6O10. The van der Waals surface area contributed by atoms with E-state index in [1.54, 1.807) is 4.90 Å². The Kier molecular flexibility index (Phi) is 20.6. The van der Waals surface area contributed by atoms with E-state index in [9.17, 15) is 28.8 Å². The van der Waals surface area contributed by atoms with Gasteiger partial charge >= 0.3 is 11.9 Å². The fourth-order valence-corrected chi connectivity index (χ4v) is 14.8. The number of esters is 2. The van der Waals surface area contributed by atoms with Gasteiger partial charge in [-0.15, -0.1) is 11.6 Å². The number of anilines is 2. The number of piperidine rings is 2. The molecule has 17 heteroatoms. The SMILES string of the molecule is COC(=O)c1ccc2c(C3CCCCC3)c3n(c2c1)CC(=O)N(CC(=O)N1CCCCC1)c1cc(OCc2ccccc2)ccc1-3.COC(=O)c1ccc2c(C3CCCCC3)c3n(c2c1)CC(=O)Nc1cc(OCc2ccccc2)ccc1-3.O=C(CCl)N1CCCCC1. The second kappa shape index (κ2) is 29.8. The summed E-state index contributed by atoms with van der Waals surface area (Å²) >= 11 is 5.39. The quantitative estimate of drug-likeness (QED) is 0.0865. The van der Waals surface area contributed by atoms with E-state index in [1.807, 2.05) is 137 Å². The summed E-state index contributed by atoms with van der Waals surface area (Å²) in [4.78, 5) is 82.5. The molecule has 6 heterocycles. The molecule has 2 aromatic heterocycles. The lowest BCUT2D eigenvalue weighted by Gasteiger charge is -2.30. The monoisotopic (exact) mass is 1270 g/mol. The third-order valence-corrected chi connectivity index (χ3v) is 19.6. The fourth-order valence-electron chi connectivity index (χ4n) is 14.7. The highest BCUT2D eigenvalue weighted by Crippen LogP contribution is 2.50. The lowest BCUT2D eigenvalue weighted by molar-refractivity contribution is -0.132. The summed E-state index contributed by atoms with van der Waals surface area (Å²) in [7, 11) is 2.77. The van der Waals surface area contributed by atoms with Crippen LogP contribution in [0.15, 0.2) is 133 Å². The van der Waals surface area contributed by atoms with Crippen molar-refractivity contribution in [1.82, 2.24) is 18.9 Å². The number of nitrogens with zero attached hydrogens (tertiary/aromatic N) is 5. The average Bonchev–Trinajstić information content (AvgIpc) is 1.59. The molecule has 2 saturated heterocycles. The summed E-state index contributed by atoms with van der Waals surface area (Å²) in [5, 5.41) is 5.28. The highest BCUT2D eigenvalue weighted by Gasteiger charge is 2.36. The van der Waals surface area contributed by atoms with E-state index in [2.05, 4.69) is 20.5 Å². The number of amides is 4. The molecule has 6 aromatic carbocycles. The number of fused-ring (bicyclic) bond motifs is 10. The van der Waals surface area contributed by atoms with Crippen LogP contribution in [0, 0.1) is 0 Å². The first-order chi connectivity index (χ1) is 45.5. The number of benzene rings is 6. The number of likely N-dealkylation sites (tertiary alicyclic amines) is 2. The van der Waals surface area contributed by atoms with Crippen molar-refractivity contribution in [1.29, 1.82) is 0 Å². The van der Waals surface area contributed by atoms with E-state index in [4.69, 9.17) is 30.5 Å². The Morgan fingerprint density at radius 2 is 0.968 bits per heavy atom. The number of aromatic nitrogens is 2. The van der Waals surface area contributed by atoms with Crippen LogP contribution in [0.4, 0.5) is 11.4 Å². The number of nitrogens with one attached hydrogen (secondary N) is 1. The number of methoxy groups -OCH3 is 2. The van der Waals surface area contributed by atoms with Gasteiger partial charge in [-0.1, -0.05) is 111 Å². The van der Waals surface area contributed by atoms with Crippen LogP contribution in [0.3, 0.4) is 0 Å². The third kappa shape index (κ3) is 14.4. The van der Waals surface area contributed by atoms with E-state index < -0.39 is 5.97 Å². The van der Waals surface area contributed by atoms with Crippen molar-refractivity contribution in [2.75, 3.05) is 63.0 Å². The molecule has 8 aromatic rings. The second-order valence-corrected chi connectivity index (χ2v) is 25.6. The molecule has 0 atom stereocenters. The maximum absolute atomic E-state index is 14.4. The molecule has 4 fully saturated rings. The number of carbonyl (C=O) groups excluding carboxylic acids is 6. The van der Waals surface area contributed by atoms with Gasteiger partial charge in [-0.05, 0) is 147 Å². The van der Waals surface area contributed by atoms with Crippen molar-refractivity contribution in [3.05, 3.63) is 167 Å². The second-order valence-electron chi connectivity index (χ2n) is 25.3. The van der Waals surface area contributed by atoms with Crippen LogP contribution in [0.2, 0.25) is 0 Å². The van der Waals surface area contributed by atoms with Gasteiger partial charge in [-0.2, -0.15) is 0 Å². The molecule has 2 aliphatic carbocycles. The molecule has 93 heavy (non-hydrogen) atoms. The van der Waals surface area contributed by atoms with Crippen molar-refractivity contribution >= 4 is 80.3 Å². The standard InChI is InChI=1S/C38H41N3O5.C31H30N2O4.C7H12ClNO/c1-45-38(44)28-15-17-30-32(21-28)41-24-35(43)40(23-34(42)39-19-9-4-10-20-39)33-22-29(46-25-26-11-5-2-6-12-26)16-18-31(33)37(41)36(30)27-13-7-3-8-14-27;1-36-31(35)22-12-14-25-27(16-22)33-18-28(34)32-26-17-23(37-19-20-8-4-2-5-9-20)13-15-24(26)30(33)29(25)21-10-6-3-7-11-21;8-6-7(10)9-4-2-1-3-5-9/h2,5-6,11-12,15-18,21-22,27H,3-4,7-10,13-14,19-20,23-25H2,1H3;2,4-5,8-9,12-17,21H,3,6-7,10-11,18-19H2,1H3,(H,32,34);1-6H2. The minimum atomic E-state index is -0.411. The zero-order valence-electron chi connectivity index (χ0n) is 53.4. The molecule has 14 rings (SSSR count). The Morgan fingerprint density at radius 1 is 0.505 bits per heavy atom. The van der Waals surface area contributed by atoms with E-state index in [0.717, 1.165) is 158 Å². The number of ether oxygens (including phenoxy) is 4. The number of hydrogen-bond acceptors (Lipinski definition) is 10. The molecule has 484 valence electrons. The van der Waals surface area contributed by atoms with Crippen molar-refractivity contribution in [2.45, 2.75) is 141 Å². The number of carbonyl (C=O) groups is 6. The van der Waals surface area contributed by atoms with E-state index in [-0.39, 0.29) is 55.1 Å². The van der Waals surface area contributed by atoms with Gasteiger partial charge in [-0.25, -0.2) is 9.59 Å². The normalized spacial score (nSPS) is 16.6. The lowest BCUT2D eigenvalue weighted by Crippen LogP contribution is -2.45. The Balaban J connectivity index is 0.000000158. The van der Waals surface area contributed by atoms with E-state index in [1.165, 1.54) is 57.5 Å². The highest BCUT2D eigenvalue weighted by atomic mass is 35.5. The third-order valence-electron chi connectivity index (χ3n) is 19.3.